The predicted octanol–water partition coefficient (Wildman–Crippen LogP) is 2.25. The summed E-state index contributed by atoms with van der Waals surface area (Å²) in [6.07, 6.45) is 6.00. The molecule has 3 nitrogen and oxygen atoms in total. The molecule has 1 unspecified atom stereocenters. The summed E-state index contributed by atoms with van der Waals surface area (Å²) in [5, 5.41) is 3.04. The number of aliphatic imine (C=N–C) groups is 1. The summed E-state index contributed by atoms with van der Waals surface area (Å²) in [5.41, 5.74) is 1.01. The van der Waals surface area contributed by atoms with Crippen molar-refractivity contribution in [3.8, 4) is 0 Å². The third kappa shape index (κ3) is 5.03. The monoisotopic (exact) mass is 224 g/mol. The van der Waals surface area contributed by atoms with Gasteiger partial charge in [0.1, 0.15) is 0 Å². The molecular formula is C13H24N2O. The fourth-order valence-corrected chi connectivity index (χ4v) is 1.46. The van der Waals surface area contributed by atoms with Crippen LogP contribution in [0, 0.1) is 5.92 Å². The SMILES string of the molecule is C=C/C=C(\C=NC)CC(NC)C(=O)C(C)C.[HH]. The fraction of sp³-hybridized carbons (Fsp3) is 0.538. The van der Waals surface area contributed by atoms with E-state index < -0.39 is 0 Å². The Morgan fingerprint density at radius 3 is 2.56 bits per heavy atom. The van der Waals surface area contributed by atoms with Gasteiger partial charge < -0.3 is 5.32 Å². The van der Waals surface area contributed by atoms with Gasteiger partial charge in [0.25, 0.3) is 0 Å². The van der Waals surface area contributed by atoms with Gasteiger partial charge in [-0.05, 0) is 19.0 Å². The second-order valence-electron chi connectivity index (χ2n) is 3.97. The molecule has 0 aliphatic carbocycles. The van der Waals surface area contributed by atoms with E-state index in [1.54, 1.807) is 26.4 Å². The lowest BCUT2D eigenvalue weighted by Crippen LogP contribution is -2.37. The Labute approximate surface area is 99.8 Å². The van der Waals surface area contributed by atoms with Crippen LogP contribution in [0.25, 0.3) is 0 Å². The van der Waals surface area contributed by atoms with Crippen molar-refractivity contribution >= 4 is 12.0 Å². The van der Waals surface area contributed by atoms with Gasteiger partial charge in [-0.3, -0.25) is 9.79 Å². The van der Waals surface area contributed by atoms with Gasteiger partial charge in [-0.25, -0.2) is 0 Å². The Morgan fingerprint density at radius 1 is 1.56 bits per heavy atom. The van der Waals surface area contributed by atoms with E-state index in [9.17, 15) is 4.79 Å². The van der Waals surface area contributed by atoms with Gasteiger partial charge in [0.05, 0.1) is 6.04 Å². The first-order valence-corrected chi connectivity index (χ1v) is 5.51. The molecule has 0 rings (SSSR count). The van der Waals surface area contributed by atoms with E-state index in [0.29, 0.717) is 6.42 Å². The van der Waals surface area contributed by atoms with Crippen molar-refractivity contribution in [1.29, 1.82) is 0 Å². The second kappa shape index (κ2) is 7.99. The molecule has 92 valence electrons. The molecule has 0 bridgehead atoms. The first-order chi connectivity index (χ1) is 7.56. The molecule has 0 aliphatic rings. The van der Waals surface area contributed by atoms with E-state index in [0.717, 1.165) is 5.57 Å². The minimum atomic E-state index is -0.149. The van der Waals surface area contributed by atoms with Gasteiger partial charge in [0, 0.05) is 20.6 Å². The van der Waals surface area contributed by atoms with Crippen molar-refractivity contribution in [3.63, 3.8) is 0 Å². The van der Waals surface area contributed by atoms with Gasteiger partial charge in [-0.2, -0.15) is 0 Å². The maximum Gasteiger partial charge on any atom is 0.152 e. The van der Waals surface area contributed by atoms with Gasteiger partial charge in [-0.1, -0.05) is 32.6 Å². The molecule has 1 N–H and O–H groups in total. The largest absolute Gasteiger partial charge is 0.310 e. The lowest BCUT2D eigenvalue weighted by Gasteiger charge is -2.17. The van der Waals surface area contributed by atoms with Crippen LogP contribution in [0.4, 0.5) is 0 Å². The number of hydrogen-bond donors (Lipinski definition) is 1. The van der Waals surface area contributed by atoms with Crippen molar-refractivity contribution in [3.05, 3.63) is 24.3 Å². The van der Waals surface area contributed by atoms with E-state index in [2.05, 4.69) is 16.9 Å². The number of ketones is 1. The summed E-state index contributed by atoms with van der Waals surface area (Å²) in [4.78, 5) is 15.8. The van der Waals surface area contributed by atoms with Gasteiger partial charge in [0.2, 0.25) is 0 Å². The zero-order valence-corrected chi connectivity index (χ0v) is 10.7. The summed E-state index contributed by atoms with van der Waals surface area (Å²) in [5.74, 6) is 0.267. The van der Waals surface area contributed by atoms with E-state index in [-0.39, 0.29) is 19.2 Å². The first-order valence-electron chi connectivity index (χ1n) is 5.51. The van der Waals surface area contributed by atoms with E-state index in [1.807, 2.05) is 19.9 Å². The molecule has 0 fully saturated rings. The second-order valence-corrected chi connectivity index (χ2v) is 3.97. The smallest absolute Gasteiger partial charge is 0.152 e. The number of allylic oxidation sites excluding steroid dienone is 2. The molecule has 0 saturated heterocycles. The summed E-state index contributed by atoms with van der Waals surface area (Å²) < 4.78 is 0. The van der Waals surface area contributed by atoms with Crippen LogP contribution in [0.2, 0.25) is 0 Å². The molecule has 1 atom stereocenters. The molecule has 0 aromatic rings. The predicted molar refractivity (Wildman–Crippen MR) is 72.1 cm³/mol. The Hall–Kier alpha value is -1.22. The zero-order chi connectivity index (χ0) is 12.6. The minimum absolute atomic E-state index is 0. The van der Waals surface area contributed by atoms with Crippen LogP contribution >= 0.6 is 0 Å². The van der Waals surface area contributed by atoms with E-state index in [4.69, 9.17) is 0 Å². The van der Waals surface area contributed by atoms with Gasteiger partial charge in [0.15, 0.2) is 5.78 Å². The van der Waals surface area contributed by atoms with Crippen LogP contribution in [0.3, 0.4) is 0 Å². The standard InChI is InChI=1S/C13H22N2O.H2/c1-6-7-11(9-14-4)8-12(15-5)13(16)10(2)3;/h6-7,9-10,12,15H,1,8H2,2-5H3;1H/b11-7-,14-9?;. The molecule has 0 saturated carbocycles. The van der Waals surface area contributed by atoms with Crippen LogP contribution in [-0.2, 0) is 4.79 Å². The molecule has 16 heavy (non-hydrogen) atoms. The number of Topliss-reactive ketones (excluding diaryl/α,β-unsaturated/α-hetero) is 1. The topological polar surface area (TPSA) is 41.5 Å². The van der Waals surface area contributed by atoms with Crippen LogP contribution in [0.5, 0.6) is 0 Å². The highest BCUT2D eigenvalue weighted by molar-refractivity contribution is 5.88. The lowest BCUT2D eigenvalue weighted by molar-refractivity contribution is -0.123. The van der Waals surface area contributed by atoms with Crippen LogP contribution < -0.4 is 5.32 Å². The lowest BCUT2D eigenvalue weighted by atomic mass is 9.96. The molecule has 0 radical (unpaired) electrons. The van der Waals surface area contributed by atoms with Crippen LogP contribution in [0.15, 0.2) is 29.3 Å². The minimum Gasteiger partial charge on any atom is -0.310 e. The Bertz CT molecular complexity index is 296. The normalized spacial score (nSPS) is 14.4. The molecule has 0 spiro atoms. The van der Waals surface area contributed by atoms with Crippen molar-refractivity contribution in [2.24, 2.45) is 10.9 Å². The summed E-state index contributed by atoms with van der Waals surface area (Å²) in [6.45, 7) is 7.48. The highest BCUT2D eigenvalue weighted by Crippen LogP contribution is 2.09. The number of rotatable bonds is 7. The molecule has 3 heteroatoms. The molecule has 0 heterocycles. The maximum absolute atomic E-state index is 11.9. The third-order valence-electron chi connectivity index (χ3n) is 2.33. The molecule has 0 aromatic heterocycles. The zero-order valence-electron chi connectivity index (χ0n) is 10.7. The first kappa shape index (κ1) is 14.8. The fourth-order valence-electron chi connectivity index (χ4n) is 1.46. The van der Waals surface area contributed by atoms with Crippen molar-refractivity contribution < 1.29 is 6.22 Å². The summed E-state index contributed by atoms with van der Waals surface area (Å²) in [7, 11) is 3.52. The molecule has 0 amide bonds. The number of carbonyl (C=O) groups is 1. The van der Waals surface area contributed by atoms with Gasteiger partial charge >= 0.3 is 0 Å². The maximum atomic E-state index is 11.9. The number of nitrogens with zero attached hydrogens (tertiary/aromatic N) is 1. The average molecular weight is 224 g/mol. The van der Waals surface area contributed by atoms with E-state index >= 15 is 0 Å². The average Bonchev–Trinajstić information content (AvgIpc) is 2.25. The number of nitrogens with one attached hydrogen (secondary N) is 1. The molecule has 0 aliphatic heterocycles. The quantitative estimate of drug-likeness (QED) is 0.532. The number of hydrogen-bond acceptors (Lipinski definition) is 3. The Kier molecular flexibility index (Phi) is 7.38. The molecule has 0 aromatic carbocycles. The van der Waals surface area contributed by atoms with Gasteiger partial charge in [-0.15, -0.1) is 0 Å². The Balaban J connectivity index is 0. The summed E-state index contributed by atoms with van der Waals surface area (Å²) in [6, 6.07) is -0.149. The van der Waals surface area contributed by atoms with Crippen molar-refractivity contribution in [2.75, 3.05) is 14.1 Å². The van der Waals surface area contributed by atoms with Crippen LogP contribution in [0.1, 0.15) is 21.7 Å². The summed E-state index contributed by atoms with van der Waals surface area (Å²) >= 11 is 0. The van der Waals surface area contributed by atoms with Crippen LogP contribution in [-0.4, -0.2) is 32.1 Å². The molecular weight excluding hydrogens is 200 g/mol. The highest BCUT2D eigenvalue weighted by Gasteiger charge is 2.19. The Morgan fingerprint density at radius 2 is 2.19 bits per heavy atom. The number of likely N-dealkylation sites (N-methyl/N-ethyl adjacent to an activating group) is 1. The third-order valence-corrected chi connectivity index (χ3v) is 2.33. The van der Waals surface area contributed by atoms with Crippen molar-refractivity contribution in [1.82, 2.24) is 5.32 Å². The number of carbonyl (C=O) groups excluding carboxylic acids is 1. The van der Waals surface area contributed by atoms with Crippen molar-refractivity contribution in [2.45, 2.75) is 26.3 Å². The highest BCUT2D eigenvalue weighted by atomic mass is 16.1. The van der Waals surface area contributed by atoms with E-state index in [1.165, 1.54) is 0 Å².